The van der Waals surface area contributed by atoms with Crippen LogP contribution in [0.25, 0.3) is 10.1 Å². The Morgan fingerprint density at radius 2 is 1.83 bits per heavy atom. The van der Waals surface area contributed by atoms with Gasteiger partial charge in [-0.15, -0.1) is 11.3 Å². The molecule has 1 aromatic heterocycles. The van der Waals surface area contributed by atoms with Crippen molar-refractivity contribution < 1.29 is 4.79 Å². The van der Waals surface area contributed by atoms with Gasteiger partial charge < -0.3 is 4.90 Å². The van der Waals surface area contributed by atoms with Crippen LogP contribution in [0.5, 0.6) is 0 Å². The molecule has 2 aliphatic rings. The fourth-order valence-corrected chi connectivity index (χ4v) is 5.44. The minimum absolute atomic E-state index is 0.234. The Labute approximate surface area is 152 Å². The number of nitrogens with zero attached hydrogens (tertiary/aromatic N) is 2. The van der Waals surface area contributed by atoms with Crippen LogP contribution in [0.4, 0.5) is 0 Å². The highest BCUT2D eigenvalue weighted by Gasteiger charge is 2.30. The van der Waals surface area contributed by atoms with E-state index >= 15 is 0 Å². The van der Waals surface area contributed by atoms with E-state index in [-0.39, 0.29) is 5.92 Å². The Balaban J connectivity index is 1.37. The van der Waals surface area contributed by atoms with Crippen molar-refractivity contribution in [3.8, 4) is 0 Å². The number of hydrogen-bond acceptors (Lipinski definition) is 3. The van der Waals surface area contributed by atoms with E-state index in [0.717, 1.165) is 50.6 Å². The number of thiophene rings is 1. The Kier molecular flexibility index (Phi) is 4.79. The summed E-state index contributed by atoms with van der Waals surface area (Å²) < 4.78 is 1.26. The molecule has 0 saturated carbocycles. The summed E-state index contributed by atoms with van der Waals surface area (Å²) in [5.74, 6) is 0.629. The number of amides is 1. The first kappa shape index (κ1) is 16.4. The molecule has 2 fully saturated rings. The average Bonchev–Trinajstić information content (AvgIpc) is 3.25. The lowest BCUT2D eigenvalue weighted by atomic mass is 9.95. The van der Waals surface area contributed by atoms with Crippen molar-refractivity contribution in [1.82, 2.24) is 9.80 Å². The van der Waals surface area contributed by atoms with Crippen LogP contribution in [0.1, 0.15) is 30.6 Å². The lowest BCUT2D eigenvalue weighted by Crippen LogP contribution is -2.41. The van der Waals surface area contributed by atoms with E-state index < -0.39 is 0 Å². The van der Waals surface area contributed by atoms with Crippen LogP contribution in [0.15, 0.2) is 24.3 Å². The van der Waals surface area contributed by atoms with E-state index in [4.69, 9.17) is 11.6 Å². The normalized spacial score (nSPS) is 20.1. The first-order valence-electron chi connectivity index (χ1n) is 8.89. The van der Waals surface area contributed by atoms with E-state index in [0.29, 0.717) is 5.91 Å². The number of likely N-dealkylation sites (tertiary alicyclic amines) is 2. The molecule has 1 aromatic carbocycles. The van der Waals surface area contributed by atoms with Gasteiger partial charge in [0.1, 0.15) is 0 Å². The predicted molar refractivity (Wildman–Crippen MR) is 101 cm³/mol. The third-order valence-electron chi connectivity index (χ3n) is 5.32. The number of rotatable bonds is 3. The van der Waals surface area contributed by atoms with Crippen molar-refractivity contribution in [2.24, 2.45) is 5.92 Å². The maximum atomic E-state index is 12.5. The van der Waals surface area contributed by atoms with Crippen molar-refractivity contribution in [3.05, 3.63) is 34.2 Å². The van der Waals surface area contributed by atoms with Crippen LogP contribution in [0.2, 0.25) is 5.02 Å². The lowest BCUT2D eigenvalue weighted by Gasteiger charge is -2.32. The molecule has 2 aromatic rings. The van der Waals surface area contributed by atoms with E-state index in [1.807, 2.05) is 6.07 Å². The van der Waals surface area contributed by atoms with Gasteiger partial charge in [-0.3, -0.25) is 9.69 Å². The second kappa shape index (κ2) is 7.03. The Morgan fingerprint density at radius 3 is 2.54 bits per heavy atom. The van der Waals surface area contributed by atoms with Gasteiger partial charge in [0.15, 0.2) is 0 Å². The topological polar surface area (TPSA) is 23.6 Å². The summed E-state index contributed by atoms with van der Waals surface area (Å²) in [5.41, 5.74) is 0. The van der Waals surface area contributed by atoms with Gasteiger partial charge in [0.05, 0.1) is 5.02 Å². The predicted octanol–water partition coefficient (Wildman–Crippen LogP) is 4.39. The molecule has 0 aliphatic carbocycles. The number of carbonyl (C=O) groups is 1. The van der Waals surface area contributed by atoms with Gasteiger partial charge in [0, 0.05) is 40.5 Å². The molecule has 5 heteroatoms. The minimum atomic E-state index is 0.234. The molecule has 3 heterocycles. The first-order valence-corrected chi connectivity index (χ1v) is 10.1. The van der Waals surface area contributed by atoms with Gasteiger partial charge >= 0.3 is 0 Å². The number of halogens is 1. The van der Waals surface area contributed by atoms with Gasteiger partial charge in [-0.25, -0.2) is 0 Å². The zero-order valence-corrected chi connectivity index (χ0v) is 15.4. The molecule has 0 bridgehead atoms. The maximum Gasteiger partial charge on any atom is 0.225 e. The van der Waals surface area contributed by atoms with Crippen LogP contribution in [-0.4, -0.2) is 41.9 Å². The molecule has 3 nitrogen and oxygen atoms in total. The fraction of sp³-hybridized carbons (Fsp3) is 0.526. The first-order chi connectivity index (χ1) is 11.7. The highest BCUT2D eigenvalue weighted by atomic mass is 35.5. The van der Waals surface area contributed by atoms with Crippen molar-refractivity contribution >= 4 is 38.9 Å². The molecule has 0 unspecified atom stereocenters. The van der Waals surface area contributed by atoms with E-state index in [1.54, 1.807) is 11.3 Å². The molecule has 2 saturated heterocycles. The van der Waals surface area contributed by atoms with Gasteiger partial charge in [-0.05, 0) is 44.8 Å². The van der Waals surface area contributed by atoms with Crippen molar-refractivity contribution in [2.75, 3.05) is 26.2 Å². The molecule has 0 N–H and O–H groups in total. The zero-order chi connectivity index (χ0) is 16.5. The summed E-state index contributed by atoms with van der Waals surface area (Å²) in [6, 6.07) is 8.34. The summed E-state index contributed by atoms with van der Waals surface area (Å²) in [6.07, 6.45) is 4.32. The highest BCUT2D eigenvalue weighted by molar-refractivity contribution is 7.19. The van der Waals surface area contributed by atoms with Crippen LogP contribution < -0.4 is 0 Å². The quantitative estimate of drug-likeness (QED) is 0.808. The van der Waals surface area contributed by atoms with E-state index in [2.05, 4.69) is 28.0 Å². The standard InChI is InChI=1S/C19H23ClN2OS/c20-18-15-5-1-2-6-16(15)24-17(18)13-21-11-7-14(8-12-21)19(23)22-9-3-4-10-22/h1-2,5-6,14H,3-4,7-13H2. The summed E-state index contributed by atoms with van der Waals surface area (Å²) in [4.78, 5) is 18.3. The second-order valence-electron chi connectivity index (χ2n) is 6.92. The molecule has 0 atom stereocenters. The summed E-state index contributed by atoms with van der Waals surface area (Å²) in [5, 5.41) is 2.07. The molecule has 24 heavy (non-hydrogen) atoms. The smallest absolute Gasteiger partial charge is 0.225 e. The fourth-order valence-electron chi connectivity index (χ4n) is 3.90. The van der Waals surface area contributed by atoms with Crippen LogP contribution >= 0.6 is 22.9 Å². The number of fused-ring (bicyclic) bond motifs is 1. The lowest BCUT2D eigenvalue weighted by molar-refractivity contribution is -0.136. The molecule has 2 aliphatic heterocycles. The van der Waals surface area contributed by atoms with Crippen molar-refractivity contribution in [1.29, 1.82) is 0 Å². The summed E-state index contributed by atoms with van der Waals surface area (Å²) in [7, 11) is 0. The monoisotopic (exact) mass is 362 g/mol. The SMILES string of the molecule is O=C(C1CCN(Cc2sc3ccccc3c2Cl)CC1)N1CCCC1. The Morgan fingerprint density at radius 1 is 1.12 bits per heavy atom. The average molecular weight is 363 g/mol. The molecular weight excluding hydrogens is 340 g/mol. The summed E-state index contributed by atoms with van der Waals surface area (Å²) in [6.45, 7) is 4.83. The molecule has 1 amide bonds. The minimum Gasteiger partial charge on any atom is -0.342 e. The van der Waals surface area contributed by atoms with Crippen molar-refractivity contribution in [2.45, 2.75) is 32.2 Å². The van der Waals surface area contributed by atoms with Gasteiger partial charge in [-0.2, -0.15) is 0 Å². The zero-order valence-electron chi connectivity index (χ0n) is 13.8. The van der Waals surface area contributed by atoms with Gasteiger partial charge in [-0.1, -0.05) is 29.8 Å². The van der Waals surface area contributed by atoms with E-state index in [1.165, 1.54) is 27.8 Å². The Bertz CT molecular complexity index is 730. The Hall–Kier alpha value is -1.10. The number of benzene rings is 1. The largest absolute Gasteiger partial charge is 0.342 e. The summed E-state index contributed by atoms with van der Waals surface area (Å²) >= 11 is 8.36. The van der Waals surface area contributed by atoms with Crippen molar-refractivity contribution in [3.63, 3.8) is 0 Å². The number of hydrogen-bond donors (Lipinski definition) is 0. The van der Waals surface area contributed by atoms with Gasteiger partial charge in [0.2, 0.25) is 5.91 Å². The third kappa shape index (κ3) is 3.19. The third-order valence-corrected chi connectivity index (χ3v) is 7.02. The molecule has 4 rings (SSSR count). The number of carbonyl (C=O) groups excluding carboxylic acids is 1. The van der Waals surface area contributed by atoms with Crippen LogP contribution in [-0.2, 0) is 11.3 Å². The molecule has 0 spiro atoms. The maximum absolute atomic E-state index is 12.5. The van der Waals surface area contributed by atoms with Gasteiger partial charge in [0.25, 0.3) is 0 Å². The number of piperidine rings is 1. The molecule has 0 radical (unpaired) electrons. The van der Waals surface area contributed by atoms with E-state index in [9.17, 15) is 4.79 Å². The molecular formula is C19H23ClN2OS. The second-order valence-corrected chi connectivity index (χ2v) is 8.43. The molecule has 128 valence electrons. The van der Waals surface area contributed by atoms with Crippen LogP contribution in [0, 0.1) is 5.92 Å². The highest BCUT2D eigenvalue weighted by Crippen LogP contribution is 2.36. The van der Waals surface area contributed by atoms with Crippen LogP contribution in [0.3, 0.4) is 0 Å².